The number of benzene rings is 14. The molecule has 88 heavy (non-hydrogen) atoms. The first-order valence-corrected chi connectivity index (χ1v) is 29.8. The largest absolute Gasteiger partial charge is 0.310 e. The minimum Gasteiger partial charge on any atom is -0.310 e. The molecule has 0 aliphatic heterocycles. The average molecular weight is 1120 g/mol. The Labute approximate surface area is 513 Å². The van der Waals surface area contributed by atoms with E-state index >= 15 is 0 Å². The second-order valence-electron chi connectivity index (χ2n) is 22.0. The minimum absolute atomic E-state index is 0.609. The van der Waals surface area contributed by atoms with E-state index in [2.05, 4.69) is 350 Å². The van der Waals surface area contributed by atoms with Crippen LogP contribution in [0.3, 0.4) is 0 Å². The fraction of sp³-hybridized carbons (Fsp3) is 0. The van der Waals surface area contributed by atoms with E-state index in [9.17, 15) is 0 Å². The highest BCUT2D eigenvalue weighted by molar-refractivity contribution is 6.00. The zero-order valence-corrected chi connectivity index (χ0v) is 48.1. The molecule has 0 N–H and O–H groups in total. The summed E-state index contributed by atoms with van der Waals surface area (Å²) in [6.07, 6.45) is 0. The van der Waals surface area contributed by atoms with E-state index in [1.165, 1.54) is 21.5 Å². The number of rotatable bonds is 14. The van der Waals surface area contributed by atoms with E-state index in [0.717, 1.165) is 106 Å². The zero-order chi connectivity index (χ0) is 58.6. The highest BCUT2D eigenvalue weighted by atomic mass is 15.1. The Morgan fingerprint density at radius 3 is 0.682 bits per heavy atom. The third-order valence-corrected chi connectivity index (χ3v) is 16.6. The van der Waals surface area contributed by atoms with Crippen molar-refractivity contribution in [2.24, 2.45) is 0 Å². The second kappa shape index (κ2) is 23.7. The van der Waals surface area contributed by atoms with Crippen molar-refractivity contribution in [1.82, 2.24) is 15.0 Å². The SMILES string of the molecule is c1ccc(-c2ccc(-c3nc(-c4ccc(-c5ccc(-c6ccc(N(c7ccccc7)c7cccc8ccccc78)cc6)cc5)cc4)nc(-c4ccc(-c5ccc(-c6ccc(N(c7ccccc7)c7cccc8ccccc78)cc6)cc5)cc4)n3)cc2)cc1. The predicted octanol–water partition coefficient (Wildman–Crippen LogP) is 22.5. The van der Waals surface area contributed by atoms with Crippen molar-refractivity contribution in [3.63, 3.8) is 0 Å². The summed E-state index contributed by atoms with van der Waals surface area (Å²) in [7, 11) is 0. The van der Waals surface area contributed by atoms with Crippen molar-refractivity contribution in [2.75, 3.05) is 9.80 Å². The van der Waals surface area contributed by atoms with Gasteiger partial charge in [0, 0.05) is 50.2 Å². The molecule has 0 spiro atoms. The quantitative estimate of drug-likeness (QED) is 0.109. The Morgan fingerprint density at radius 1 is 0.159 bits per heavy atom. The van der Waals surface area contributed by atoms with Gasteiger partial charge in [0.2, 0.25) is 0 Å². The van der Waals surface area contributed by atoms with Crippen LogP contribution in [0.1, 0.15) is 0 Å². The normalized spacial score (nSPS) is 11.2. The maximum atomic E-state index is 5.16. The summed E-state index contributed by atoms with van der Waals surface area (Å²) in [5.41, 5.74) is 20.8. The van der Waals surface area contributed by atoms with Crippen LogP contribution in [0.2, 0.25) is 0 Å². The van der Waals surface area contributed by atoms with Crippen molar-refractivity contribution in [1.29, 1.82) is 0 Å². The number of hydrogen-bond donors (Lipinski definition) is 0. The summed E-state index contributed by atoms with van der Waals surface area (Å²) >= 11 is 0. The smallest absolute Gasteiger partial charge is 0.164 e. The fourth-order valence-electron chi connectivity index (χ4n) is 12.0. The monoisotopic (exact) mass is 1120 g/mol. The predicted molar refractivity (Wildman–Crippen MR) is 368 cm³/mol. The molecular weight excluding hydrogens is 1070 g/mol. The van der Waals surface area contributed by atoms with E-state index in [0.29, 0.717) is 17.5 Å². The molecule has 0 amide bonds. The fourth-order valence-corrected chi connectivity index (χ4v) is 12.0. The average Bonchev–Trinajstić information content (AvgIpc) is 2.95. The number of fused-ring (bicyclic) bond motifs is 2. The van der Waals surface area contributed by atoms with E-state index in [-0.39, 0.29) is 0 Å². The van der Waals surface area contributed by atoms with Crippen molar-refractivity contribution in [3.05, 3.63) is 346 Å². The van der Waals surface area contributed by atoms with Gasteiger partial charge in [-0.1, -0.05) is 285 Å². The van der Waals surface area contributed by atoms with Crippen LogP contribution in [0.4, 0.5) is 34.1 Å². The van der Waals surface area contributed by atoms with Crippen molar-refractivity contribution >= 4 is 55.7 Å². The van der Waals surface area contributed by atoms with Gasteiger partial charge in [-0.15, -0.1) is 0 Å². The Hall–Kier alpha value is -11.8. The molecule has 414 valence electrons. The van der Waals surface area contributed by atoms with Crippen molar-refractivity contribution < 1.29 is 0 Å². The van der Waals surface area contributed by atoms with Gasteiger partial charge in [-0.25, -0.2) is 15.0 Å². The molecule has 15 aromatic rings. The molecule has 0 unspecified atom stereocenters. The maximum absolute atomic E-state index is 5.16. The van der Waals surface area contributed by atoms with Crippen LogP contribution in [-0.2, 0) is 0 Å². The Morgan fingerprint density at radius 2 is 0.375 bits per heavy atom. The van der Waals surface area contributed by atoms with Crippen LogP contribution in [0.15, 0.2) is 346 Å². The third-order valence-electron chi connectivity index (χ3n) is 16.6. The number of para-hydroxylation sites is 2. The molecule has 0 saturated carbocycles. The van der Waals surface area contributed by atoms with Crippen LogP contribution >= 0.6 is 0 Å². The Kier molecular flexibility index (Phi) is 14.3. The van der Waals surface area contributed by atoms with Crippen LogP contribution < -0.4 is 9.80 Å². The van der Waals surface area contributed by atoms with Gasteiger partial charge in [0.25, 0.3) is 0 Å². The highest BCUT2D eigenvalue weighted by Crippen LogP contribution is 2.42. The molecule has 1 heterocycles. The topological polar surface area (TPSA) is 45.2 Å². The molecule has 0 bridgehead atoms. The molecule has 1 aromatic heterocycles. The zero-order valence-electron chi connectivity index (χ0n) is 48.1. The number of aromatic nitrogens is 3. The lowest BCUT2D eigenvalue weighted by Gasteiger charge is -2.27. The summed E-state index contributed by atoms with van der Waals surface area (Å²) in [6.45, 7) is 0. The standard InChI is InChI=1S/C83H57N5/c1-4-16-58(17-5-1)59-38-44-70(45-39-59)81-84-82(71-46-40-64(41-47-71)60-30-34-62(35-31-60)66-50-54-75(55-51-66)87(73-22-6-2-7-23-73)79-28-14-20-68-18-10-12-26-77(68)79)86-83(85-81)72-48-42-65(43-49-72)61-32-36-63(37-33-61)67-52-56-76(57-53-67)88(74-24-8-3-9-25-74)80-29-15-21-69-19-11-13-27-78(69)80/h1-57H. The van der Waals surface area contributed by atoms with Crippen molar-refractivity contribution in [2.45, 2.75) is 0 Å². The highest BCUT2D eigenvalue weighted by Gasteiger charge is 2.19. The lowest BCUT2D eigenvalue weighted by molar-refractivity contribution is 1.07. The molecule has 0 aliphatic rings. The maximum Gasteiger partial charge on any atom is 0.164 e. The lowest BCUT2D eigenvalue weighted by Crippen LogP contribution is -2.10. The molecule has 0 saturated heterocycles. The van der Waals surface area contributed by atoms with E-state index < -0.39 is 0 Å². The van der Waals surface area contributed by atoms with Gasteiger partial charge in [-0.2, -0.15) is 0 Å². The second-order valence-corrected chi connectivity index (χ2v) is 22.0. The van der Waals surface area contributed by atoms with Crippen molar-refractivity contribution in [3.8, 4) is 89.8 Å². The summed E-state index contributed by atoms with van der Waals surface area (Å²) < 4.78 is 0. The van der Waals surface area contributed by atoms with Gasteiger partial charge in [0.15, 0.2) is 17.5 Å². The van der Waals surface area contributed by atoms with Gasteiger partial charge < -0.3 is 9.80 Å². The van der Waals surface area contributed by atoms with E-state index in [1.54, 1.807) is 0 Å². The molecule has 0 radical (unpaired) electrons. The van der Waals surface area contributed by atoms with E-state index in [4.69, 9.17) is 15.0 Å². The number of hydrogen-bond acceptors (Lipinski definition) is 5. The first-order chi connectivity index (χ1) is 43.6. The van der Waals surface area contributed by atoms with Gasteiger partial charge in [-0.05, 0) is 127 Å². The molecule has 0 fully saturated rings. The summed E-state index contributed by atoms with van der Waals surface area (Å²) in [5.74, 6) is 1.83. The summed E-state index contributed by atoms with van der Waals surface area (Å²) in [5, 5.41) is 4.84. The minimum atomic E-state index is 0.609. The molecule has 0 atom stereocenters. The van der Waals surface area contributed by atoms with Gasteiger partial charge in [0.05, 0.1) is 11.4 Å². The van der Waals surface area contributed by atoms with Crippen LogP contribution in [0, 0.1) is 0 Å². The van der Waals surface area contributed by atoms with Gasteiger partial charge in [-0.3, -0.25) is 0 Å². The Bertz CT molecular complexity index is 4600. The molecule has 0 aliphatic carbocycles. The molecule has 14 aromatic carbocycles. The first-order valence-electron chi connectivity index (χ1n) is 29.8. The molecular formula is C83H57N5. The lowest BCUT2D eigenvalue weighted by atomic mass is 9.99. The first kappa shape index (κ1) is 53.0. The molecule has 15 rings (SSSR count). The van der Waals surface area contributed by atoms with Crippen LogP contribution in [0.5, 0.6) is 0 Å². The Balaban J connectivity index is 0.682. The van der Waals surface area contributed by atoms with Gasteiger partial charge in [0.1, 0.15) is 0 Å². The number of nitrogens with zero attached hydrogens (tertiary/aromatic N) is 5. The summed E-state index contributed by atoms with van der Waals surface area (Å²) in [6, 6.07) is 123. The van der Waals surface area contributed by atoms with Crippen LogP contribution in [0.25, 0.3) is 111 Å². The van der Waals surface area contributed by atoms with Gasteiger partial charge >= 0.3 is 0 Å². The third kappa shape index (κ3) is 10.8. The molecule has 5 heteroatoms. The molecule has 5 nitrogen and oxygen atoms in total. The number of anilines is 6. The van der Waals surface area contributed by atoms with Crippen LogP contribution in [-0.4, -0.2) is 15.0 Å². The summed E-state index contributed by atoms with van der Waals surface area (Å²) in [4.78, 5) is 20.1. The van der Waals surface area contributed by atoms with E-state index in [1.807, 2.05) is 6.07 Å².